The quantitative estimate of drug-likeness (QED) is 0.791. The molecule has 5 heteroatoms. The van der Waals surface area contributed by atoms with Crippen molar-refractivity contribution in [3.63, 3.8) is 0 Å². The van der Waals surface area contributed by atoms with E-state index in [2.05, 4.69) is 27.5 Å². The highest BCUT2D eigenvalue weighted by Gasteiger charge is 2.25. The van der Waals surface area contributed by atoms with Crippen molar-refractivity contribution in [2.75, 3.05) is 7.11 Å². The van der Waals surface area contributed by atoms with Crippen LogP contribution in [-0.4, -0.2) is 26.6 Å². The van der Waals surface area contributed by atoms with Crippen LogP contribution in [0.2, 0.25) is 0 Å². The lowest BCUT2D eigenvalue weighted by Gasteiger charge is -2.27. The highest BCUT2D eigenvalue weighted by atomic mass is 16.5. The number of hydrogen-bond donors (Lipinski definition) is 1. The van der Waals surface area contributed by atoms with E-state index in [-0.39, 0.29) is 6.10 Å². The number of H-pyrrole nitrogens is 1. The molecule has 1 aliphatic carbocycles. The number of ether oxygens (including phenoxy) is 1. The Kier molecular flexibility index (Phi) is 3.37. The summed E-state index contributed by atoms with van der Waals surface area (Å²) in [6.07, 6.45) is 10.2. The lowest BCUT2D eigenvalue weighted by molar-refractivity contribution is 0.106. The van der Waals surface area contributed by atoms with Crippen molar-refractivity contribution in [2.24, 2.45) is 0 Å². The molecule has 1 fully saturated rings. The number of methoxy groups -OCH3 is 1. The van der Waals surface area contributed by atoms with Gasteiger partial charge in [-0.15, -0.1) is 0 Å². The van der Waals surface area contributed by atoms with Crippen molar-refractivity contribution >= 4 is 22.1 Å². The molecule has 0 spiro atoms. The molecule has 0 amide bonds. The number of nitrogens with one attached hydrogen (secondary N) is 1. The normalized spacial score (nSPS) is 18.3. The molecule has 4 rings (SSSR count). The van der Waals surface area contributed by atoms with Gasteiger partial charge in [0.1, 0.15) is 23.1 Å². The zero-order valence-electron chi connectivity index (χ0n) is 13.2. The van der Waals surface area contributed by atoms with Gasteiger partial charge in [0.25, 0.3) is 0 Å². The van der Waals surface area contributed by atoms with Gasteiger partial charge in [-0.25, -0.2) is 9.97 Å². The van der Waals surface area contributed by atoms with Crippen LogP contribution >= 0.6 is 0 Å². The van der Waals surface area contributed by atoms with Crippen molar-refractivity contribution in [3.05, 3.63) is 24.3 Å². The molecule has 5 nitrogen and oxygen atoms in total. The fourth-order valence-electron chi connectivity index (χ4n) is 3.71. The summed E-state index contributed by atoms with van der Waals surface area (Å²) in [4.78, 5) is 12.5. The molecule has 0 radical (unpaired) electrons. The number of aromatic nitrogens is 4. The summed E-state index contributed by atoms with van der Waals surface area (Å²) >= 11 is 0. The minimum atomic E-state index is -0.0108. The number of aromatic amines is 1. The second kappa shape index (κ2) is 5.39. The summed E-state index contributed by atoms with van der Waals surface area (Å²) in [6.45, 7) is 2.07. The zero-order valence-corrected chi connectivity index (χ0v) is 13.2. The minimum absolute atomic E-state index is 0.0108. The molecule has 0 aliphatic heterocycles. The van der Waals surface area contributed by atoms with E-state index < -0.39 is 0 Å². The number of nitrogens with zero attached hydrogens (tertiary/aromatic N) is 3. The average Bonchev–Trinajstić information content (AvgIpc) is 3.18. The van der Waals surface area contributed by atoms with E-state index in [0.29, 0.717) is 6.04 Å². The Morgan fingerprint density at radius 3 is 2.91 bits per heavy atom. The highest BCUT2D eigenvalue weighted by molar-refractivity contribution is 6.01. The van der Waals surface area contributed by atoms with Gasteiger partial charge in [0.05, 0.1) is 11.7 Å². The Hall–Kier alpha value is -1.88. The Balaban J connectivity index is 2.00. The van der Waals surface area contributed by atoms with Gasteiger partial charge in [0, 0.05) is 24.7 Å². The van der Waals surface area contributed by atoms with E-state index in [0.717, 1.165) is 22.4 Å². The second-order valence-corrected chi connectivity index (χ2v) is 6.24. The lowest BCUT2D eigenvalue weighted by atomic mass is 9.95. The summed E-state index contributed by atoms with van der Waals surface area (Å²) in [7, 11) is 1.75. The van der Waals surface area contributed by atoms with Crippen molar-refractivity contribution < 1.29 is 4.74 Å². The van der Waals surface area contributed by atoms with Crippen LogP contribution in [0.3, 0.4) is 0 Å². The lowest BCUT2D eigenvalue weighted by Crippen LogP contribution is -2.17. The van der Waals surface area contributed by atoms with Gasteiger partial charge in [-0.1, -0.05) is 19.3 Å². The van der Waals surface area contributed by atoms with Crippen LogP contribution in [-0.2, 0) is 4.74 Å². The monoisotopic (exact) mass is 298 g/mol. The molecule has 1 aliphatic rings. The van der Waals surface area contributed by atoms with Gasteiger partial charge in [-0.05, 0) is 25.8 Å². The molecular formula is C17H22N4O. The van der Waals surface area contributed by atoms with Gasteiger partial charge < -0.3 is 14.3 Å². The molecule has 0 bridgehead atoms. The molecule has 0 aromatic carbocycles. The molecule has 3 heterocycles. The summed E-state index contributed by atoms with van der Waals surface area (Å²) in [5, 5.41) is 1.16. The van der Waals surface area contributed by atoms with Crippen LogP contribution in [0.25, 0.3) is 22.1 Å². The van der Waals surface area contributed by atoms with Crippen molar-refractivity contribution in [3.8, 4) is 0 Å². The largest absolute Gasteiger partial charge is 0.374 e. The number of rotatable bonds is 3. The standard InChI is InChI=1S/C17H22N4O/c1-11(22-2)17-20-14-10-19-16-13(8-9-18-16)15(14)21(17)12-6-4-3-5-7-12/h8-12H,3-7H2,1-2H3,(H,18,19)/t11-/m1/s1. The van der Waals surface area contributed by atoms with Gasteiger partial charge in [-0.3, -0.25) is 0 Å². The molecule has 1 N–H and O–H groups in total. The van der Waals surface area contributed by atoms with Crippen LogP contribution in [0.1, 0.15) is 57.0 Å². The molecule has 1 saturated carbocycles. The van der Waals surface area contributed by atoms with E-state index in [1.54, 1.807) is 7.11 Å². The Morgan fingerprint density at radius 2 is 2.14 bits per heavy atom. The fraction of sp³-hybridized carbons (Fsp3) is 0.529. The zero-order chi connectivity index (χ0) is 15.1. The van der Waals surface area contributed by atoms with Crippen LogP contribution in [0, 0.1) is 0 Å². The van der Waals surface area contributed by atoms with Crippen LogP contribution in [0.15, 0.2) is 18.5 Å². The maximum absolute atomic E-state index is 5.58. The first kappa shape index (κ1) is 13.8. The molecule has 0 unspecified atom stereocenters. The Morgan fingerprint density at radius 1 is 1.32 bits per heavy atom. The maximum atomic E-state index is 5.58. The van der Waals surface area contributed by atoms with Crippen molar-refractivity contribution in [1.29, 1.82) is 0 Å². The third kappa shape index (κ3) is 2.03. The summed E-state index contributed by atoms with van der Waals surface area (Å²) in [6, 6.07) is 2.62. The average molecular weight is 298 g/mol. The first-order chi connectivity index (χ1) is 10.8. The SMILES string of the molecule is CO[C@H](C)c1nc2cnc3[nH]ccc3c2n1C1CCCCC1. The topological polar surface area (TPSA) is 55.7 Å². The predicted octanol–water partition coefficient (Wildman–Crippen LogP) is 4.13. The molecule has 3 aromatic rings. The third-order valence-corrected chi connectivity index (χ3v) is 4.92. The molecule has 0 saturated heterocycles. The first-order valence-corrected chi connectivity index (χ1v) is 8.16. The number of fused-ring (bicyclic) bond motifs is 3. The van der Waals surface area contributed by atoms with E-state index in [1.807, 2.05) is 12.4 Å². The maximum Gasteiger partial charge on any atom is 0.139 e. The van der Waals surface area contributed by atoms with Crippen molar-refractivity contribution in [1.82, 2.24) is 19.5 Å². The van der Waals surface area contributed by atoms with E-state index >= 15 is 0 Å². The van der Waals surface area contributed by atoms with Gasteiger partial charge in [-0.2, -0.15) is 0 Å². The van der Waals surface area contributed by atoms with Crippen LogP contribution < -0.4 is 0 Å². The molecule has 3 aromatic heterocycles. The predicted molar refractivity (Wildman–Crippen MR) is 86.9 cm³/mol. The van der Waals surface area contributed by atoms with E-state index in [1.165, 1.54) is 37.6 Å². The Labute approximate surface area is 129 Å². The van der Waals surface area contributed by atoms with Gasteiger partial charge in [0.2, 0.25) is 0 Å². The smallest absolute Gasteiger partial charge is 0.139 e. The van der Waals surface area contributed by atoms with Gasteiger partial charge >= 0.3 is 0 Å². The second-order valence-electron chi connectivity index (χ2n) is 6.24. The summed E-state index contributed by atoms with van der Waals surface area (Å²) in [5.41, 5.74) is 3.11. The van der Waals surface area contributed by atoms with E-state index in [9.17, 15) is 0 Å². The molecule has 22 heavy (non-hydrogen) atoms. The van der Waals surface area contributed by atoms with Crippen molar-refractivity contribution in [2.45, 2.75) is 51.2 Å². The number of hydrogen-bond acceptors (Lipinski definition) is 3. The summed E-state index contributed by atoms with van der Waals surface area (Å²) in [5.74, 6) is 1.03. The number of imidazole rings is 1. The Bertz CT molecular complexity index is 798. The van der Waals surface area contributed by atoms with Crippen LogP contribution in [0.4, 0.5) is 0 Å². The molecular weight excluding hydrogens is 276 g/mol. The molecule has 1 atom stereocenters. The third-order valence-electron chi connectivity index (χ3n) is 4.92. The summed E-state index contributed by atoms with van der Waals surface area (Å²) < 4.78 is 8.01. The highest BCUT2D eigenvalue weighted by Crippen LogP contribution is 2.36. The van der Waals surface area contributed by atoms with Crippen LogP contribution in [0.5, 0.6) is 0 Å². The van der Waals surface area contributed by atoms with Gasteiger partial charge in [0.15, 0.2) is 0 Å². The molecule has 116 valence electrons. The number of pyridine rings is 1. The minimum Gasteiger partial charge on any atom is -0.374 e. The first-order valence-electron chi connectivity index (χ1n) is 8.16. The van der Waals surface area contributed by atoms with E-state index in [4.69, 9.17) is 9.72 Å². The fourth-order valence-corrected chi connectivity index (χ4v) is 3.71.